The zero-order valence-electron chi connectivity index (χ0n) is 12.0. The highest BCUT2D eigenvalue weighted by Gasteiger charge is 2.41. The van der Waals surface area contributed by atoms with E-state index in [0.717, 1.165) is 17.4 Å². The van der Waals surface area contributed by atoms with Crippen molar-refractivity contribution in [2.24, 2.45) is 5.92 Å². The Kier molecular flexibility index (Phi) is 4.14. The second-order valence-corrected chi connectivity index (χ2v) is 7.03. The van der Waals surface area contributed by atoms with E-state index < -0.39 is 12.1 Å². The Morgan fingerprint density at radius 2 is 1.90 bits per heavy atom. The molecule has 0 aromatic carbocycles. The maximum Gasteiger partial charge on any atom is 0.391 e. The summed E-state index contributed by atoms with van der Waals surface area (Å²) < 4.78 is 38.0. The number of hydrogen-bond donors (Lipinski definition) is 1. The number of halogens is 3. The van der Waals surface area contributed by atoms with Gasteiger partial charge in [0, 0.05) is 30.6 Å². The predicted octanol–water partition coefficient (Wildman–Crippen LogP) is 3.48. The number of piperidine rings is 1. The van der Waals surface area contributed by atoms with Gasteiger partial charge in [0.15, 0.2) is 5.13 Å². The fourth-order valence-corrected chi connectivity index (χ4v) is 3.70. The van der Waals surface area contributed by atoms with E-state index in [1.807, 2.05) is 11.8 Å². The second kappa shape index (κ2) is 5.76. The molecule has 0 amide bonds. The summed E-state index contributed by atoms with van der Waals surface area (Å²) in [6, 6.07) is 0.650. The number of aromatic nitrogens is 1. The van der Waals surface area contributed by atoms with Crippen LogP contribution in [0.25, 0.3) is 0 Å². The molecule has 0 atom stereocenters. The molecule has 21 heavy (non-hydrogen) atoms. The summed E-state index contributed by atoms with van der Waals surface area (Å²) >= 11 is 1.62. The van der Waals surface area contributed by atoms with Crippen molar-refractivity contribution in [2.75, 3.05) is 18.0 Å². The average Bonchev–Trinajstić information content (AvgIpc) is 3.19. The lowest BCUT2D eigenvalue weighted by molar-refractivity contribution is -0.179. The zero-order chi connectivity index (χ0) is 15.0. The predicted molar refractivity (Wildman–Crippen MR) is 77.7 cm³/mol. The van der Waals surface area contributed by atoms with E-state index >= 15 is 0 Å². The smallest absolute Gasteiger partial charge is 0.348 e. The molecule has 1 N–H and O–H groups in total. The number of thiazole rings is 1. The lowest BCUT2D eigenvalue weighted by Crippen LogP contribution is -2.38. The van der Waals surface area contributed by atoms with Gasteiger partial charge in [0.2, 0.25) is 0 Å². The molecule has 1 aromatic rings. The summed E-state index contributed by atoms with van der Waals surface area (Å²) in [6.45, 7) is 3.71. The summed E-state index contributed by atoms with van der Waals surface area (Å²) in [4.78, 5) is 7.75. The highest BCUT2D eigenvalue weighted by atomic mass is 32.1. The first-order valence-electron chi connectivity index (χ1n) is 7.45. The van der Waals surface area contributed by atoms with Crippen molar-refractivity contribution in [2.45, 2.75) is 51.4 Å². The van der Waals surface area contributed by atoms with Crippen LogP contribution >= 0.6 is 11.3 Å². The fraction of sp³-hybridized carbons (Fsp3) is 0.786. The van der Waals surface area contributed by atoms with E-state index in [0.29, 0.717) is 19.1 Å². The minimum Gasteiger partial charge on any atom is -0.348 e. The molecule has 0 bridgehead atoms. The monoisotopic (exact) mass is 319 g/mol. The van der Waals surface area contributed by atoms with Crippen molar-refractivity contribution in [1.29, 1.82) is 0 Å². The van der Waals surface area contributed by atoms with Crippen molar-refractivity contribution in [3.63, 3.8) is 0 Å². The number of rotatable bonds is 4. The van der Waals surface area contributed by atoms with E-state index in [2.05, 4.69) is 10.3 Å². The van der Waals surface area contributed by atoms with Crippen LogP contribution in [0.2, 0.25) is 0 Å². The highest BCUT2D eigenvalue weighted by molar-refractivity contribution is 7.15. The molecular formula is C14H20F3N3S. The summed E-state index contributed by atoms with van der Waals surface area (Å²) in [7, 11) is 0. The number of hydrogen-bond acceptors (Lipinski definition) is 4. The van der Waals surface area contributed by atoms with Crippen molar-refractivity contribution in [1.82, 2.24) is 10.3 Å². The van der Waals surface area contributed by atoms with Gasteiger partial charge in [0.25, 0.3) is 0 Å². The van der Waals surface area contributed by atoms with Gasteiger partial charge in [0.1, 0.15) is 0 Å². The van der Waals surface area contributed by atoms with Crippen LogP contribution in [0.1, 0.15) is 36.3 Å². The second-order valence-electron chi connectivity index (χ2n) is 5.96. The first-order chi connectivity index (χ1) is 9.93. The molecule has 118 valence electrons. The summed E-state index contributed by atoms with van der Waals surface area (Å²) in [5.74, 6) is -1.15. The number of nitrogens with one attached hydrogen (secondary N) is 1. The lowest BCUT2D eigenvalue weighted by Gasteiger charge is -2.32. The molecule has 1 aliphatic carbocycles. The SMILES string of the molecule is Cc1nc(N2CCC(C(F)(F)F)CC2)sc1CNC1CC1. The molecule has 1 saturated carbocycles. The summed E-state index contributed by atoms with van der Waals surface area (Å²) in [6.07, 6.45) is -1.20. The highest BCUT2D eigenvalue weighted by Crippen LogP contribution is 2.36. The Morgan fingerprint density at radius 3 is 2.48 bits per heavy atom. The van der Waals surface area contributed by atoms with Crippen LogP contribution in [0.4, 0.5) is 18.3 Å². The van der Waals surface area contributed by atoms with Crippen LogP contribution in [-0.4, -0.2) is 30.3 Å². The number of aryl methyl sites for hydroxylation is 1. The van der Waals surface area contributed by atoms with Crippen LogP contribution in [0.3, 0.4) is 0 Å². The van der Waals surface area contributed by atoms with Crippen LogP contribution < -0.4 is 10.2 Å². The van der Waals surface area contributed by atoms with Gasteiger partial charge < -0.3 is 10.2 Å². The van der Waals surface area contributed by atoms with Gasteiger partial charge in [-0.25, -0.2) is 4.98 Å². The molecule has 3 nitrogen and oxygen atoms in total. The van der Waals surface area contributed by atoms with Crippen molar-refractivity contribution in [3.8, 4) is 0 Å². The third kappa shape index (κ3) is 3.69. The maximum atomic E-state index is 12.7. The number of nitrogens with zero attached hydrogens (tertiary/aromatic N) is 2. The normalized spacial score (nSPS) is 21.0. The molecule has 2 fully saturated rings. The Morgan fingerprint density at radius 1 is 1.24 bits per heavy atom. The molecule has 0 unspecified atom stereocenters. The molecule has 7 heteroatoms. The zero-order valence-corrected chi connectivity index (χ0v) is 12.9. The molecule has 0 radical (unpaired) electrons. The van der Waals surface area contributed by atoms with Crippen LogP contribution in [0.5, 0.6) is 0 Å². The Bertz CT molecular complexity index is 488. The number of anilines is 1. The minimum absolute atomic E-state index is 0.178. The van der Waals surface area contributed by atoms with Gasteiger partial charge in [-0.2, -0.15) is 13.2 Å². The molecule has 2 heterocycles. The van der Waals surface area contributed by atoms with E-state index in [-0.39, 0.29) is 12.8 Å². The van der Waals surface area contributed by atoms with Gasteiger partial charge in [-0.3, -0.25) is 0 Å². The average molecular weight is 319 g/mol. The first kappa shape index (κ1) is 15.1. The maximum absolute atomic E-state index is 12.7. The van der Waals surface area contributed by atoms with Gasteiger partial charge >= 0.3 is 6.18 Å². The standard InChI is InChI=1S/C14H20F3N3S/c1-9-12(8-18-11-2-3-11)21-13(19-9)20-6-4-10(5-7-20)14(15,16)17/h10-11,18H,2-8H2,1H3. The quantitative estimate of drug-likeness (QED) is 0.921. The van der Waals surface area contributed by atoms with Gasteiger partial charge in [-0.1, -0.05) is 0 Å². The van der Waals surface area contributed by atoms with Crippen LogP contribution in [-0.2, 0) is 6.54 Å². The van der Waals surface area contributed by atoms with Gasteiger partial charge in [0.05, 0.1) is 11.6 Å². The molecule has 0 spiro atoms. The molecular weight excluding hydrogens is 299 g/mol. The Balaban J connectivity index is 1.58. The number of alkyl halides is 3. The summed E-state index contributed by atoms with van der Waals surface area (Å²) in [5.41, 5.74) is 1.00. The van der Waals surface area contributed by atoms with E-state index in [1.54, 1.807) is 11.3 Å². The molecule has 1 saturated heterocycles. The van der Waals surface area contributed by atoms with Crippen molar-refractivity contribution < 1.29 is 13.2 Å². The molecule has 1 aliphatic heterocycles. The van der Waals surface area contributed by atoms with Gasteiger partial charge in [-0.15, -0.1) is 11.3 Å². The molecule has 1 aromatic heterocycles. The topological polar surface area (TPSA) is 28.2 Å². The van der Waals surface area contributed by atoms with E-state index in [4.69, 9.17) is 0 Å². The minimum atomic E-state index is -4.05. The van der Waals surface area contributed by atoms with Crippen molar-refractivity contribution in [3.05, 3.63) is 10.6 Å². The van der Waals surface area contributed by atoms with E-state index in [9.17, 15) is 13.2 Å². The van der Waals surface area contributed by atoms with Crippen molar-refractivity contribution >= 4 is 16.5 Å². The van der Waals surface area contributed by atoms with Gasteiger partial charge in [-0.05, 0) is 32.6 Å². The largest absolute Gasteiger partial charge is 0.391 e. The Hall–Kier alpha value is -0.820. The third-order valence-electron chi connectivity index (χ3n) is 4.24. The first-order valence-corrected chi connectivity index (χ1v) is 8.26. The third-order valence-corrected chi connectivity index (χ3v) is 5.46. The molecule has 3 rings (SSSR count). The van der Waals surface area contributed by atoms with Crippen LogP contribution in [0, 0.1) is 12.8 Å². The van der Waals surface area contributed by atoms with E-state index in [1.165, 1.54) is 17.7 Å². The molecule has 2 aliphatic rings. The van der Waals surface area contributed by atoms with Crippen LogP contribution in [0.15, 0.2) is 0 Å². The lowest BCUT2D eigenvalue weighted by atomic mass is 9.97. The summed E-state index contributed by atoms with van der Waals surface area (Å²) in [5, 5.41) is 4.34. The Labute approximate surface area is 126 Å². The fourth-order valence-electron chi connectivity index (χ4n) is 2.63.